The average Bonchev–Trinajstić information content (AvgIpc) is 3.19. The molecule has 0 aliphatic rings. The number of methoxy groups -OCH3 is 2. The van der Waals surface area contributed by atoms with E-state index in [0.717, 1.165) is 23.4 Å². The number of nitrogens with zero attached hydrogens (tertiary/aromatic N) is 2. The van der Waals surface area contributed by atoms with Crippen LogP contribution in [0.3, 0.4) is 0 Å². The number of aryl methyl sites for hydroxylation is 1. The summed E-state index contributed by atoms with van der Waals surface area (Å²) in [5.74, 6) is -0.263. The topological polar surface area (TPSA) is 80.8 Å². The van der Waals surface area contributed by atoms with Crippen molar-refractivity contribution < 1.29 is 19.1 Å². The van der Waals surface area contributed by atoms with Crippen LogP contribution in [0, 0.1) is 6.92 Å². The third kappa shape index (κ3) is 7.56. The van der Waals surface area contributed by atoms with Crippen LogP contribution in [-0.4, -0.2) is 62.2 Å². The predicted octanol–water partition coefficient (Wildman–Crippen LogP) is 2.90. The molecule has 1 N–H and O–H groups in total. The van der Waals surface area contributed by atoms with E-state index in [-0.39, 0.29) is 11.8 Å². The van der Waals surface area contributed by atoms with E-state index in [2.05, 4.69) is 10.3 Å². The van der Waals surface area contributed by atoms with Crippen LogP contribution in [0.5, 0.6) is 0 Å². The molecule has 29 heavy (non-hydrogen) atoms. The third-order valence-electron chi connectivity index (χ3n) is 4.28. The molecular weight excluding hydrogens is 390 g/mol. The highest BCUT2D eigenvalue weighted by atomic mass is 32.1. The van der Waals surface area contributed by atoms with Crippen LogP contribution < -0.4 is 5.32 Å². The Hall–Kier alpha value is -2.29. The summed E-state index contributed by atoms with van der Waals surface area (Å²) in [4.78, 5) is 31.3. The van der Waals surface area contributed by atoms with Gasteiger partial charge in [-0.15, -0.1) is 11.3 Å². The first-order valence-electron chi connectivity index (χ1n) is 9.61. The molecule has 158 valence electrons. The van der Waals surface area contributed by atoms with Gasteiger partial charge in [-0.25, -0.2) is 4.98 Å². The van der Waals surface area contributed by atoms with Crippen LogP contribution >= 0.6 is 11.3 Å². The Morgan fingerprint density at radius 3 is 2.48 bits per heavy atom. The van der Waals surface area contributed by atoms with E-state index >= 15 is 0 Å². The first kappa shape index (κ1) is 23.0. The highest BCUT2D eigenvalue weighted by Gasteiger charge is 2.18. The van der Waals surface area contributed by atoms with Crippen molar-refractivity contribution in [2.75, 3.05) is 40.5 Å². The van der Waals surface area contributed by atoms with Crippen LogP contribution in [-0.2, 0) is 16.0 Å². The van der Waals surface area contributed by atoms with Crippen molar-refractivity contribution >= 4 is 23.2 Å². The van der Waals surface area contributed by atoms with Crippen LogP contribution in [0.2, 0.25) is 0 Å². The number of thiazole rings is 1. The van der Waals surface area contributed by atoms with Crippen LogP contribution in [0.25, 0.3) is 0 Å². The third-order valence-corrected chi connectivity index (χ3v) is 5.12. The maximum Gasteiger partial charge on any atom is 0.270 e. The minimum atomic E-state index is -0.209. The molecule has 0 atom stereocenters. The summed E-state index contributed by atoms with van der Waals surface area (Å²) < 4.78 is 10.1. The lowest BCUT2D eigenvalue weighted by Gasteiger charge is -2.21. The van der Waals surface area contributed by atoms with Crippen molar-refractivity contribution in [3.8, 4) is 0 Å². The van der Waals surface area contributed by atoms with Crippen LogP contribution in [0.15, 0.2) is 29.6 Å². The molecule has 0 aliphatic carbocycles. The molecule has 0 radical (unpaired) electrons. The predicted molar refractivity (Wildman–Crippen MR) is 113 cm³/mol. The lowest BCUT2D eigenvalue weighted by Crippen LogP contribution is -2.32. The Morgan fingerprint density at radius 2 is 1.79 bits per heavy atom. The van der Waals surface area contributed by atoms with Gasteiger partial charge in [0, 0.05) is 51.5 Å². The molecule has 8 heteroatoms. The first-order chi connectivity index (χ1) is 14.0. The van der Waals surface area contributed by atoms with E-state index in [1.807, 2.05) is 31.2 Å². The van der Waals surface area contributed by atoms with Crippen LogP contribution in [0.4, 0.5) is 0 Å². The van der Waals surface area contributed by atoms with Gasteiger partial charge in [0.25, 0.3) is 11.8 Å². The van der Waals surface area contributed by atoms with Crippen molar-refractivity contribution in [1.29, 1.82) is 0 Å². The zero-order valence-corrected chi connectivity index (χ0v) is 18.1. The second-order valence-electron chi connectivity index (χ2n) is 6.67. The van der Waals surface area contributed by atoms with E-state index in [0.29, 0.717) is 44.1 Å². The molecule has 2 aromatic rings. The van der Waals surface area contributed by atoms with Gasteiger partial charge in [0.15, 0.2) is 0 Å². The van der Waals surface area contributed by atoms with Crippen molar-refractivity contribution in [1.82, 2.24) is 15.2 Å². The molecule has 2 amide bonds. The highest BCUT2D eigenvalue weighted by Crippen LogP contribution is 2.16. The maximum atomic E-state index is 13.0. The second kappa shape index (κ2) is 12.3. The monoisotopic (exact) mass is 419 g/mol. The maximum absolute atomic E-state index is 13.0. The average molecular weight is 420 g/mol. The Morgan fingerprint density at radius 1 is 1.10 bits per heavy atom. The molecule has 1 heterocycles. The quantitative estimate of drug-likeness (QED) is 0.535. The van der Waals surface area contributed by atoms with Gasteiger partial charge in [-0.2, -0.15) is 0 Å². The molecule has 7 nitrogen and oxygen atoms in total. The largest absolute Gasteiger partial charge is 0.385 e. The van der Waals surface area contributed by atoms with E-state index < -0.39 is 0 Å². The zero-order valence-electron chi connectivity index (χ0n) is 17.3. The summed E-state index contributed by atoms with van der Waals surface area (Å²) in [6.45, 7) is 4.61. The first-order valence-corrected chi connectivity index (χ1v) is 10.5. The molecule has 0 unspecified atom stereocenters. The van der Waals surface area contributed by atoms with Gasteiger partial charge in [-0.05, 0) is 31.9 Å². The number of hydrogen-bond donors (Lipinski definition) is 1. The molecule has 0 spiro atoms. The molecule has 0 aliphatic heterocycles. The molecule has 1 aromatic heterocycles. The number of benzene rings is 1. The van der Waals surface area contributed by atoms with Crippen molar-refractivity contribution in [2.45, 2.75) is 26.3 Å². The minimum absolute atomic E-state index is 0.0538. The summed E-state index contributed by atoms with van der Waals surface area (Å²) in [6, 6.07) is 7.52. The Balaban J connectivity index is 2.02. The smallest absolute Gasteiger partial charge is 0.270 e. The molecule has 0 saturated carbocycles. The fourth-order valence-electron chi connectivity index (χ4n) is 2.69. The van der Waals surface area contributed by atoms with Gasteiger partial charge in [0.1, 0.15) is 10.7 Å². The summed E-state index contributed by atoms with van der Waals surface area (Å²) in [7, 11) is 3.27. The van der Waals surface area contributed by atoms with Gasteiger partial charge in [-0.1, -0.05) is 17.7 Å². The molecule has 1 aromatic carbocycles. The number of ether oxygens (including phenoxy) is 2. The zero-order chi connectivity index (χ0) is 21.1. The summed E-state index contributed by atoms with van der Waals surface area (Å²) in [5.41, 5.74) is 2.12. The number of rotatable bonds is 12. The lowest BCUT2D eigenvalue weighted by molar-refractivity contribution is 0.0723. The summed E-state index contributed by atoms with van der Waals surface area (Å²) >= 11 is 1.38. The lowest BCUT2D eigenvalue weighted by atomic mass is 10.1. The van der Waals surface area contributed by atoms with Gasteiger partial charge in [-0.3, -0.25) is 9.59 Å². The van der Waals surface area contributed by atoms with Crippen molar-refractivity contribution in [3.63, 3.8) is 0 Å². The number of amides is 2. The highest BCUT2D eigenvalue weighted by molar-refractivity contribution is 7.09. The number of aromatic nitrogens is 1. The summed E-state index contributed by atoms with van der Waals surface area (Å²) in [5, 5.41) is 5.28. The van der Waals surface area contributed by atoms with Gasteiger partial charge >= 0.3 is 0 Å². The van der Waals surface area contributed by atoms with Crippen molar-refractivity contribution in [2.24, 2.45) is 0 Å². The van der Waals surface area contributed by atoms with Gasteiger partial charge < -0.3 is 19.7 Å². The Labute approximate surface area is 176 Å². The second-order valence-corrected chi connectivity index (χ2v) is 7.61. The number of nitrogens with one attached hydrogen (secondary N) is 1. The number of carbonyl (C=O) groups is 2. The standard InChI is InChI=1S/C21H29N3O4S/c1-16-6-8-17(9-7-16)21(26)24(11-5-13-28-3)14-19-23-18(15-29-19)20(25)22-10-4-12-27-2/h6-9,15H,4-5,10-14H2,1-3H3,(H,22,25). The van der Waals surface area contributed by atoms with Gasteiger partial charge in [0.2, 0.25) is 0 Å². The van der Waals surface area contributed by atoms with E-state index in [9.17, 15) is 9.59 Å². The molecule has 0 bridgehead atoms. The van der Waals surface area contributed by atoms with E-state index in [1.54, 1.807) is 24.5 Å². The normalized spacial score (nSPS) is 10.7. The Bertz CT molecular complexity index is 776. The minimum Gasteiger partial charge on any atom is -0.385 e. The van der Waals surface area contributed by atoms with Crippen LogP contribution in [0.1, 0.15) is 44.3 Å². The fraction of sp³-hybridized carbons (Fsp3) is 0.476. The molecule has 2 rings (SSSR count). The van der Waals surface area contributed by atoms with Crippen molar-refractivity contribution in [3.05, 3.63) is 51.5 Å². The molecule has 0 fully saturated rings. The van der Waals surface area contributed by atoms with E-state index in [4.69, 9.17) is 9.47 Å². The number of hydrogen-bond acceptors (Lipinski definition) is 6. The Kier molecular flexibility index (Phi) is 9.76. The molecule has 0 saturated heterocycles. The SMILES string of the molecule is COCCCNC(=O)c1csc(CN(CCCOC)C(=O)c2ccc(C)cc2)n1. The number of carbonyl (C=O) groups excluding carboxylic acids is 2. The summed E-state index contributed by atoms with van der Waals surface area (Å²) in [6.07, 6.45) is 1.48. The molecular formula is C21H29N3O4S. The van der Waals surface area contributed by atoms with Gasteiger partial charge in [0.05, 0.1) is 6.54 Å². The fourth-order valence-corrected chi connectivity index (χ4v) is 3.48. The van der Waals surface area contributed by atoms with E-state index in [1.165, 1.54) is 11.3 Å².